The third-order valence-electron chi connectivity index (χ3n) is 2.07. The summed E-state index contributed by atoms with van der Waals surface area (Å²) in [7, 11) is 0. The van der Waals surface area contributed by atoms with E-state index in [-0.39, 0.29) is 6.04 Å². The lowest BCUT2D eigenvalue weighted by Gasteiger charge is -2.21. The second kappa shape index (κ2) is 5.21. The molecule has 11 heavy (non-hydrogen) atoms. The average Bonchev–Trinajstić information content (AvgIpc) is 1.99. The van der Waals surface area contributed by atoms with Crippen molar-refractivity contribution in [3.05, 3.63) is 0 Å². The standard InChI is InChI=1S/C10H19N/c1-6-10(7-2)11-9(5)8(3)4/h1,8-11H,7H2,2-5H3. The van der Waals surface area contributed by atoms with Crippen molar-refractivity contribution in [3.63, 3.8) is 0 Å². The molecule has 0 aromatic rings. The monoisotopic (exact) mass is 153 g/mol. The molecule has 0 fully saturated rings. The summed E-state index contributed by atoms with van der Waals surface area (Å²) in [6, 6.07) is 0.753. The van der Waals surface area contributed by atoms with Gasteiger partial charge in [-0.15, -0.1) is 6.42 Å². The fourth-order valence-electron chi connectivity index (χ4n) is 0.794. The van der Waals surface area contributed by atoms with Crippen LogP contribution in [0.2, 0.25) is 0 Å². The molecular formula is C10H19N. The Kier molecular flexibility index (Phi) is 4.98. The normalized spacial score (nSPS) is 16.0. The second-order valence-electron chi connectivity index (χ2n) is 3.33. The second-order valence-corrected chi connectivity index (χ2v) is 3.33. The molecule has 1 nitrogen and oxygen atoms in total. The van der Waals surface area contributed by atoms with Crippen LogP contribution in [0.25, 0.3) is 0 Å². The van der Waals surface area contributed by atoms with E-state index in [1.165, 1.54) is 0 Å². The van der Waals surface area contributed by atoms with Gasteiger partial charge in [0, 0.05) is 6.04 Å². The van der Waals surface area contributed by atoms with Gasteiger partial charge in [-0.2, -0.15) is 0 Å². The SMILES string of the molecule is C#CC(CC)NC(C)C(C)C. The molecule has 0 aromatic heterocycles. The van der Waals surface area contributed by atoms with Crippen molar-refractivity contribution in [2.24, 2.45) is 5.92 Å². The molecule has 0 aliphatic heterocycles. The number of hydrogen-bond acceptors (Lipinski definition) is 1. The van der Waals surface area contributed by atoms with Crippen molar-refractivity contribution in [3.8, 4) is 12.3 Å². The van der Waals surface area contributed by atoms with Gasteiger partial charge in [0.2, 0.25) is 0 Å². The van der Waals surface area contributed by atoms with Crippen LogP contribution in [0.4, 0.5) is 0 Å². The Morgan fingerprint density at radius 3 is 2.18 bits per heavy atom. The van der Waals surface area contributed by atoms with Gasteiger partial charge in [-0.05, 0) is 19.3 Å². The summed E-state index contributed by atoms with van der Waals surface area (Å²) in [4.78, 5) is 0. The van der Waals surface area contributed by atoms with E-state index in [0.717, 1.165) is 6.42 Å². The summed E-state index contributed by atoms with van der Waals surface area (Å²) in [6.07, 6.45) is 6.33. The molecule has 0 rings (SSSR count). The zero-order valence-electron chi connectivity index (χ0n) is 8.02. The molecule has 0 aliphatic rings. The third kappa shape index (κ3) is 4.06. The van der Waals surface area contributed by atoms with E-state index in [1.54, 1.807) is 0 Å². The predicted molar refractivity (Wildman–Crippen MR) is 50.3 cm³/mol. The van der Waals surface area contributed by atoms with Gasteiger partial charge in [-0.25, -0.2) is 0 Å². The Morgan fingerprint density at radius 1 is 1.36 bits per heavy atom. The Balaban J connectivity index is 3.74. The molecule has 2 atom stereocenters. The van der Waals surface area contributed by atoms with Crippen LogP contribution in [0.15, 0.2) is 0 Å². The number of rotatable bonds is 4. The smallest absolute Gasteiger partial charge is 0.0686 e. The maximum atomic E-state index is 5.32. The van der Waals surface area contributed by atoms with Crippen LogP contribution in [0.1, 0.15) is 34.1 Å². The Labute approximate surface area is 70.6 Å². The van der Waals surface area contributed by atoms with Crippen molar-refractivity contribution in [1.82, 2.24) is 5.32 Å². The summed E-state index contributed by atoms with van der Waals surface area (Å²) in [5.41, 5.74) is 0. The number of hydrogen-bond donors (Lipinski definition) is 1. The highest BCUT2D eigenvalue weighted by molar-refractivity contribution is 4.98. The molecule has 64 valence electrons. The van der Waals surface area contributed by atoms with Crippen molar-refractivity contribution in [1.29, 1.82) is 0 Å². The molecule has 1 N–H and O–H groups in total. The fraction of sp³-hybridized carbons (Fsp3) is 0.800. The molecule has 0 aliphatic carbocycles. The van der Waals surface area contributed by atoms with Crippen LogP contribution in [0.5, 0.6) is 0 Å². The summed E-state index contributed by atoms with van der Waals surface area (Å²) in [5.74, 6) is 3.38. The van der Waals surface area contributed by atoms with Crippen LogP contribution in [0.3, 0.4) is 0 Å². The van der Waals surface area contributed by atoms with E-state index in [4.69, 9.17) is 6.42 Å². The highest BCUT2D eigenvalue weighted by Crippen LogP contribution is 2.02. The van der Waals surface area contributed by atoms with Gasteiger partial charge in [0.1, 0.15) is 0 Å². The van der Waals surface area contributed by atoms with Crippen LogP contribution in [-0.2, 0) is 0 Å². The number of terminal acetylenes is 1. The van der Waals surface area contributed by atoms with Gasteiger partial charge < -0.3 is 5.32 Å². The first-order valence-electron chi connectivity index (χ1n) is 4.34. The molecule has 0 saturated heterocycles. The molecule has 1 heteroatoms. The zero-order chi connectivity index (χ0) is 8.85. The average molecular weight is 153 g/mol. The van der Waals surface area contributed by atoms with Crippen molar-refractivity contribution in [2.45, 2.75) is 46.2 Å². The molecule has 0 radical (unpaired) electrons. The van der Waals surface area contributed by atoms with E-state index in [0.29, 0.717) is 12.0 Å². The fourth-order valence-corrected chi connectivity index (χ4v) is 0.794. The van der Waals surface area contributed by atoms with Gasteiger partial charge in [0.25, 0.3) is 0 Å². The molecule has 0 bridgehead atoms. The van der Waals surface area contributed by atoms with E-state index in [1.807, 2.05) is 0 Å². The lowest BCUT2D eigenvalue weighted by Crippen LogP contribution is -2.38. The van der Waals surface area contributed by atoms with Crippen LogP contribution in [0, 0.1) is 18.3 Å². The summed E-state index contributed by atoms with van der Waals surface area (Å²) >= 11 is 0. The Hall–Kier alpha value is -0.480. The van der Waals surface area contributed by atoms with Gasteiger partial charge in [0.05, 0.1) is 6.04 Å². The van der Waals surface area contributed by atoms with Crippen molar-refractivity contribution < 1.29 is 0 Å². The summed E-state index contributed by atoms with van der Waals surface area (Å²) in [6.45, 7) is 8.66. The van der Waals surface area contributed by atoms with Gasteiger partial charge in [-0.3, -0.25) is 0 Å². The zero-order valence-corrected chi connectivity index (χ0v) is 8.02. The molecule has 0 saturated carbocycles. The Bertz CT molecular complexity index is 132. The van der Waals surface area contributed by atoms with E-state index >= 15 is 0 Å². The quantitative estimate of drug-likeness (QED) is 0.609. The molecular weight excluding hydrogens is 134 g/mol. The van der Waals surface area contributed by atoms with Crippen molar-refractivity contribution >= 4 is 0 Å². The Morgan fingerprint density at radius 2 is 1.91 bits per heavy atom. The largest absolute Gasteiger partial charge is 0.301 e. The topological polar surface area (TPSA) is 12.0 Å². The van der Waals surface area contributed by atoms with Crippen LogP contribution < -0.4 is 5.32 Å². The van der Waals surface area contributed by atoms with E-state index in [9.17, 15) is 0 Å². The minimum Gasteiger partial charge on any atom is -0.301 e. The third-order valence-corrected chi connectivity index (χ3v) is 2.07. The van der Waals surface area contributed by atoms with Crippen LogP contribution in [-0.4, -0.2) is 12.1 Å². The first kappa shape index (κ1) is 10.5. The first-order chi connectivity index (χ1) is 5.11. The lowest BCUT2D eigenvalue weighted by molar-refractivity contribution is 0.400. The molecule has 0 amide bonds. The molecule has 0 aromatic carbocycles. The van der Waals surface area contributed by atoms with Gasteiger partial charge in [-0.1, -0.05) is 26.7 Å². The lowest BCUT2D eigenvalue weighted by atomic mass is 10.1. The number of nitrogens with one attached hydrogen (secondary N) is 1. The minimum absolute atomic E-state index is 0.243. The van der Waals surface area contributed by atoms with E-state index < -0.39 is 0 Å². The summed E-state index contributed by atoms with van der Waals surface area (Å²) in [5, 5.41) is 3.38. The predicted octanol–water partition coefficient (Wildman–Crippen LogP) is 2.03. The maximum absolute atomic E-state index is 5.32. The molecule has 0 heterocycles. The minimum atomic E-state index is 0.243. The van der Waals surface area contributed by atoms with Crippen LogP contribution >= 0.6 is 0 Å². The van der Waals surface area contributed by atoms with Crippen molar-refractivity contribution in [2.75, 3.05) is 0 Å². The van der Waals surface area contributed by atoms with E-state index in [2.05, 4.69) is 38.9 Å². The highest BCUT2D eigenvalue weighted by Gasteiger charge is 2.09. The first-order valence-corrected chi connectivity index (χ1v) is 4.34. The van der Waals surface area contributed by atoms with Gasteiger partial charge >= 0.3 is 0 Å². The highest BCUT2D eigenvalue weighted by atomic mass is 14.9. The maximum Gasteiger partial charge on any atom is 0.0686 e. The summed E-state index contributed by atoms with van der Waals surface area (Å²) < 4.78 is 0. The molecule has 0 spiro atoms. The molecule has 2 unspecified atom stereocenters. The van der Waals surface area contributed by atoms with Gasteiger partial charge in [0.15, 0.2) is 0 Å².